The summed E-state index contributed by atoms with van der Waals surface area (Å²) in [7, 11) is 1.95. The number of rotatable bonds is 6. The zero-order valence-electron chi connectivity index (χ0n) is 15.8. The van der Waals surface area contributed by atoms with Crippen LogP contribution in [-0.4, -0.2) is 29.6 Å². The van der Waals surface area contributed by atoms with Gasteiger partial charge in [0.05, 0.1) is 0 Å². The number of benzene rings is 1. The molecule has 0 aliphatic heterocycles. The molecule has 0 bridgehead atoms. The van der Waals surface area contributed by atoms with Gasteiger partial charge >= 0.3 is 0 Å². The van der Waals surface area contributed by atoms with E-state index in [-0.39, 0.29) is 5.54 Å². The molecule has 4 heteroatoms. The fourth-order valence-corrected chi connectivity index (χ4v) is 2.34. The maximum atomic E-state index is 9.98. The van der Waals surface area contributed by atoms with E-state index >= 15 is 0 Å². The average Bonchev–Trinajstić information content (AvgIpc) is 2.62. The molecule has 0 spiro atoms. The minimum Gasteiger partial charge on any atom is -0.314 e. The van der Waals surface area contributed by atoms with Gasteiger partial charge in [-0.05, 0) is 50.1 Å². The number of nitrogens with one attached hydrogen (secondary N) is 2. The zero-order chi connectivity index (χ0) is 18.9. The molecule has 134 valence electrons. The summed E-state index contributed by atoms with van der Waals surface area (Å²) >= 11 is 0. The lowest BCUT2D eigenvalue weighted by molar-refractivity contribution is 0.112. The highest BCUT2D eigenvalue weighted by molar-refractivity contribution is 6.00. The first-order valence-electron chi connectivity index (χ1n) is 8.51. The van der Waals surface area contributed by atoms with E-state index < -0.39 is 0 Å². The van der Waals surface area contributed by atoms with E-state index in [2.05, 4.69) is 56.2 Å². The number of pyridine rings is 1. The van der Waals surface area contributed by atoms with Gasteiger partial charge < -0.3 is 10.7 Å². The monoisotopic (exact) mass is 339 g/mol. The van der Waals surface area contributed by atoms with Crippen LogP contribution in [-0.2, 0) is 0 Å². The Labute approximate surface area is 151 Å². The van der Waals surface area contributed by atoms with Gasteiger partial charge in [0.1, 0.15) is 6.29 Å². The lowest BCUT2D eigenvalue weighted by Gasteiger charge is -2.25. The Morgan fingerprint density at radius 3 is 2.28 bits per heavy atom. The van der Waals surface area contributed by atoms with E-state index in [9.17, 15) is 4.79 Å². The molecule has 1 aromatic carbocycles. The van der Waals surface area contributed by atoms with Crippen molar-refractivity contribution in [1.82, 2.24) is 10.3 Å². The van der Waals surface area contributed by atoms with E-state index in [1.54, 1.807) is 24.5 Å². The van der Waals surface area contributed by atoms with E-state index in [0.29, 0.717) is 17.2 Å². The van der Waals surface area contributed by atoms with Crippen LogP contribution in [0, 0.1) is 5.41 Å². The molecule has 0 amide bonds. The first-order chi connectivity index (χ1) is 11.8. The molecule has 0 atom stereocenters. The standard InChI is InChI=1S/C15H24N2.C6H5NO/c1-11(2)12-8-6-7-9-13(12)14(16)10-15(3,4)17-5;8-5-6-1-3-7-4-2-6/h6-9,11,16-17H,10H2,1-5H3;1-5H. The molecule has 0 radical (unpaired) electrons. The fraction of sp³-hybridized carbons (Fsp3) is 0.381. The topological polar surface area (TPSA) is 65.8 Å². The molecule has 2 aromatic rings. The Kier molecular flexibility index (Phi) is 8.16. The smallest absolute Gasteiger partial charge is 0.150 e. The first kappa shape index (κ1) is 20.7. The van der Waals surface area contributed by atoms with Crippen molar-refractivity contribution in [2.24, 2.45) is 0 Å². The number of carbonyl (C=O) groups excluding carboxylic acids is 1. The molecule has 0 aliphatic carbocycles. The van der Waals surface area contributed by atoms with E-state index in [4.69, 9.17) is 5.41 Å². The van der Waals surface area contributed by atoms with Crippen molar-refractivity contribution in [3.05, 3.63) is 65.5 Å². The molecule has 2 N–H and O–H groups in total. The van der Waals surface area contributed by atoms with Gasteiger partial charge in [0.25, 0.3) is 0 Å². The van der Waals surface area contributed by atoms with E-state index in [0.717, 1.165) is 18.3 Å². The highest BCUT2D eigenvalue weighted by Crippen LogP contribution is 2.22. The number of carbonyl (C=O) groups is 1. The van der Waals surface area contributed by atoms with Crippen LogP contribution in [0.25, 0.3) is 0 Å². The van der Waals surface area contributed by atoms with Crippen LogP contribution < -0.4 is 5.32 Å². The largest absolute Gasteiger partial charge is 0.314 e. The number of aromatic nitrogens is 1. The first-order valence-corrected chi connectivity index (χ1v) is 8.51. The van der Waals surface area contributed by atoms with Gasteiger partial charge in [-0.25, -0.2) is 0 Å². The Bertz CT molecular complexity index is 679. The second-order valence-electron chi connectivity index (χ2n) is 6.93. The molecule has 1 aromatic heterocycles. The third kappa shape index (κ3) is 6.98. The lowest BCUT2D eigenvalue weighted by atomic mass is 9.88. The molecule has 0 unspecified atom stereocenters. The summed E-state index contributed by atoms with van der Waals surface area (Å²) < 4.78 is 0. The molecule has 1 heterocycles. The summed E-state index contributed by atoms with van der Waals surface area (Å²) in [4.78, 5) is 13.7. The third-order valence-electron chi connectivity index (χ3n) is 4.05. The maximum absolute atomic E-state index is 9.98. The normalized spacial score (nSPS) is 10.8. The SMILES string of the molecule is CNC(C)(C)CC(=N)c1ccccc1C(C)C.O=Cc1ccncc1. The van der Waals surface area contributed by atoms with Crippen LogP contribution in [0.3, 0.4) is 0 Å². The zero-order valence-corrected chi connectivity index (χ0v) is 15.8. The quantitative estimate of drug-likeness (QED) is 0.603. The number of nitrogens with zero attached hydrogens (tertiary/aromatic N) is 1. The van der Waals surface area contributed by atoms with Crippen LogP contribution in [0.1, 0.15) is 61.5 Å². The van der Waals surface area contributed by atoms with Crippen molar-refractivity contribution in [2.75, 3.05) is 7.05 Å². The van der Waals surface area contributed by atoms with Crippen molar-refractivity contribution in [3.8, 4) is 0 Å². The molecule has 0 aliphatic rings. The summed E-state index contributed by atoms with van der Waals surface area (Å²) in [5.41, 5.74) is 3.71. The van der Waals surface area contributed by atoms with Gasteiger partial charge in [-0.2, -0.15) is 0 Å². The average molecular weight is 339 g/mol. The summed E-state index contributed by atoms with van der Waals surface area (Å²) in [5.74, 6) is 0.462. The number of hydrogen-bond acceptors (Lipinski definition) is 4. The molecule has 0 saturated carbocycles. The van der Waals surface area contributed by atoms with Gasteiger partial charge in [-0.3, -0.25) is 9.78 Å². The minimum absolute atomic E-state index is 0.0266. The van der Waals surface area contributed by atoms with Gasteiger partial charge in [0.2, 0.25) is 0 Å². The van der Waals surface area contributed by atoms with Crippen LogP contribution >= 0.6 is 0 Å². The highest BCUT2D eigenvalue weighted by atomic mass is 16.1. The van der Waals surface area contributed by atoms with Crippen molar-refractivity contribution in [1.29, 1.82) is 5.41 Å². The molecule has 0 saturated heterocycles. The summed E-state index contributed by atoms with van der Waals surface area (Å²) in [6, 6.07) is 11.6. The number of hydrogen-bond donors (Lipinski definition) is 2. The molecule has 2 rings (SSSR count). The Hall–Kier alpha value is -2.33. The molecular formula is C21H29N3O. The lowest BCUT2D eigenvalue weighted by Crippen LogP contribution is -2.38. The predicted molar refractivity (Wildman–Crippen MR) is 105 cm³/mol. The summed E-state index contributed by atoms with van der Waals surface area (Å²) in [6.45, 7) is 8.60. The Morgan fingerprint density at radius 2 is 1.80 bits per heavy atom. The second kappa shape index (κ2) is 9.84. The van der Waals surface area contributed by atoms with E-state index in [1.807, 2.05) is 13.1 Å². The van der Waals surface area contributed by atoms with Gasteiger partial charge in [-0.1, -0.05) is 38.1 Å². The van der Waals surface area contributed by atoms with E-state index in [1.165, 1.54) is 5.56 Å². The van der Waals surface area contributed by atoms with Crippen LogP contribution in [0.2, 0.25) is 0 Å². The van der Waals surface area contributed by atoms with Gasteiger partial charge in [0, 0.05) is 35.6 Å². The summed E-state index contributed by atoms with van der Waals surface area (Å²) in [5, 5.41) is 11.5. The maximum Gasteiger partial charge on any atom is 0.150 e. The molecule has 4 nitrogen and oxygen atoms in total. The predicted octanol–water partition coefficient (Wildman–Crippen LogP) is 4.46. The number of aldehydes is 1. The van der Waals surface area contributed by atoms with Crippen molar-refractivity contribution < 1.29 is 4.79 Å². The van der Waals surface area contributed by atoms with Gasteiger partial charge in [0.15, 0.2) is 0 Å². The summed E-state index contributed by atoms with van der Waals surface area (Å²) in [6.07, 6.45) is 4.71. The Morgan fingerprint density at radius 1 is 1.20 bits per heavy atom. The Balaban J connectivity index is 0.000000324. The molecule has 0 fully saturated rings. The van der Waals surface area contributed by atoms with Crippen molar-refractivity contribution in [2.45, 2.75) is 45.6 Å². The van der Waals surface area contributed by atoms with Gasteiger partial charge in [-0.15, -0.1) is 0 Å². The van der Waals surface area contributed by atoms with Crippen LogP contribution in [0.15, 0.2) is 48.8 Å². The third-order valence-corrected chi connectivity index (χ3v) is 4.05. The van der Waals surface area contributed by atoms with Crippen LogP contribution in [0.4, 0.5) is 0 Å². The van der Waals surface area contributed by atoms with Crippen molar-refractivity contribution >= 4 is 12.0 Å². The van der Waals surface area contributed by atoms with Crippen molar-refractivity contribution in [3.63, 3.8) is 0 Å². The fourth-order valence-electron chi connectivity index (χ4n) is 2.34. The minimum atomic E-state index is -0.0266. The molecular weight excluding hydrogens is 310 g/mol. The second-order valence-corrected chi connectivity index (χ2v) is 6.93. The van der Waals surface area contributed by atoms with Crippen LogP contribution in [0.5, 0.6) is 0 Å². The highest BCUT2D eigenvalue weighted by Gasteiger charge is 2.19. The molecule has 25 heavy (non-hydrogen) atoms.